The number of amides is 10. The Morgan fingerprint density at radius 1 is 0.618 bits per heavy atom. The predicted molar refractivity (Wildman–Crippen MR) is 328 cm³/mol. The molecule has 2 aliphatic heterocycles. The van der Waals surface area contributed by atoms with Crippen LogP contribution in [0.4, 0.5) is 4.39 Å². The second-order valence-electron chi connectivity index (χ2n) is 22.2. The van der Waals surface area contributed by atoms with E-state index in [-0.39, 0.29) is 64.8 Å². The molecule has 0 saturated carbocycles. The molecule has 2 fully saturated rings. The van der Waals surface area contributed by atoms with E-state index in [1.807, 2.05) is 0 Å². The largest absolute Gasteiger partial charge is 0.385 e. The van der Waals surface area contributed by atoms with Crippen LogP contribution in [0, 0.1) is 5.82 Å². The Morgan fingerprint density at radius 2 is 1.19 bits per heavy atom. The quantitative estimate of drug-likeness (QED) is 0.107. The topological polar surface area (TPSA) is 288 Å². The SMILES string of the molecule is COCC[C@@H]1NC(=O)[C@H]2CCCN2C(=O)[C@H](Cc2ccccc2)N(C)C(=O)[C@H](Cc2ccc(Cl)cc2)NC(=O)[C@H]([C@@H](C)OC)NC(=O)[C@H](Cc2ccc(F)cc2)NC(=O)CN(CCOC)C(=O)[C@@H](C)N(C)C(=O)[C@H](Cc2cscn2)NC(=O)[C@H](C)N(C)C1=O. The van der Waals surface area contributed by atoms with Crippen molar-refractivity contribution in [1.82, 2.24) is 56.1 Å². The Labute approximate surface area is 526 Å². The third-order valence-corrected chi connectivity index (χ3v) is 17.0. The maximum Gasteiger partial charge on any atom is 0.246 e. The highest BCUT2D eigenvalue weighted by Gasteiger charge is 2.44. The normalized spacial score (nSPS) is 24.4. The molecule has 27 heteroatoms. The van der Waals surface area contributed by atoms with E-state index in [2.05, 4.69) is 31.6 Å². The Morgan fingerprint density at radius 3 is 1.82 bits per heavy atom. The first-order chi connectivity index (χ1) is 42.5. The second-order valence-corrected chi connectivity index (χ2v) is 23.4. The maximum absolute atomic E-state index is 15.4. The Hall–Kier alpha value is -7.91. The van der Waals surface area contributed by atoms with Crippen molar-refractivity contribution < 1.29 is 66.5 Å². The van der Waals surface area contributed by atoms with Gasteiger partial charge >= 0.3 is 0 Å². The van der Waals surface area contributed by atoms with Gasteiger partial charge in [0.1, 0.15) is 60.2 Å². The summed E-state index contributed by atoms with van der Waals surface area (Å²) < 4.78 is 30.6. The molecular weight excluding hydrogens is 1190 g/mol. The molecule has 0 radical (unpaired) electrons. The number of aromatic nitrogens is 1. The number of hydrogen-bond acceptors (Lipinski definition) is 15. The molecule has 482 valence electrons. The average molecular weight is 1270 g/mol. The maximum atomic E-state index is 15.4. The van der Waals surface area contributed by atoms with Gasteiger partial charge in [0.15, 0.2) is 0 Å². The molecule has 3 heterocycles. The van der Waals surface area contributed by atoms with Gasteiger partial charge in [0.2, 0.25) is 59.1 Å². The van der Waals surface area contributed by atoms with E-state index >= 15 is 9.59 Å². The molecule has 1 aromatic heterocycles. The molecule has 0 aliphatic carbocycles. The highest BCUT2D eigenvalue weighted by molar-refractivity contribution is 7.07. The van der Waals surface area contributed by atoms with Crippen LogP contribution in [0.2, 0.25) is 5.02 Å². The summed E-state index contributed by atoms with van der Waals surface area (Å²) in [6.07, 6.45) is -1.19. The molecule has 2 aliphatic rings. The van der Waals surface area contributed by atoms with Gasteiger partial charge in [0.05, 0.1) is 30.5 Å². The number of carbonyl (C=O) groups excluding carboxylic acids is 10. The van der Waals surface area contributed by atoms with Crippen LogP contribution in [-0.2, 0) is 87.8 Å². The Kier molecular flexibility index (Phi) is 26.5. The van der Waals surface area contributed by atoms with Gasteiger partial charge < -0.3 is 65.3 Å². The summed E-state index contributed by atoms with van der Waals surface area (Å²) in [6, 6.07) is 8.38. The smallest absolute Gasteiger partial charge is 0.246 e. The summed E-state index contributed by atoms with van der Waals surface area (Å²) in [5, 5.41) is 15.8. The van der Waals surface area contributed by atoms with Gasteiger partial charge in [-0.3, -0.25) is 47.9 Å². The lowest BCUT2D eigenvalue weighted by atomic mass is 9.99. The van der Waals surface area contributed by atoms with E-state index in [9.17, 15) is 42.7 Å². The minimum Gasteiger partial charge on any atom is -0.385 e. The average Bonchev–Trinajstić information content (AvgIpc) is 3.51. The summed E-state index contributed by atoms with van der Waals surface area (Å²) in [5.41, 5.74) is 3.56. The highest BCUT2D eigenvalue weighted by atomic mass is 35.5. The molecule has 0 unspecified atom stereocenters. The van der Waals surface area contributed by atoms with Crippen molar-refractivity contribution in [2.45, 2.75) is 126 Å². The fraction of sp³-hybridized carbons (Fsp3) is 0.500. The summed E-state index contributed by atoms with van der Waals surface area (Å²) >= 11 is 7.53. The summed E-state index contributed by atoms with van der Waals surface area (Å²) in [7, 11) is 8.21. The van der Waals surface area contributed by atoms with Crippen molar-refractivity contribution in [3.05, 3.63) is 123 Å². The number of likely N-dealkylation sites (N-methyl/N-ethyl adjacent to an activating group) is 3. The number of nitrogens with one attached hydrogen (secondary N) is 5. The molecule has 24 nitrogen and oxygen atoms in total. The highest BCUT2D eigenvalue weighted by Crippen LogP contribution is 2.24. The van der Waals surface area contributed by atoms with E-state index in [0.29, 0.717) is 33.8 Å². The second kappa shape index (κ2) is 33.6. The van der Waals surface area contributed by atoms with Crippen molar-refractivity contribution in [2.24, 2.45) is 0 Å². The Bertz CT molecular complexity index is 3080. The predicted octanol–water partition coefficient (Wildman–Crippen LogP) is 1.70. The number of methoxy groups -OCH3 is 3. The molecule has 89 heavy (non-hydrogen) atoms. The van der Waals surface area contributed by atoms with Crippen LogP contribution in [0.25, 0.3) is 0 Å². The molecule has 10 atom stereocenters. The lowest BCUT2D eigenvalue weighted by Crippen LogP contribution is -2.62. The van der Waals surface area contributed by atoms with Gasteiger partial charge in [-0.05, 0) is 81.0 Å². The van der Waals surface area contributed by atoms with Crippen LogP contribution >= 0.6 is 22.9 Å². The summed E-state index contributed by atoms with van der Waals surface area (Å²) in [5.74, 6) is -8.23. The van der Waals surface area contributed by atoms with Crippen molar-refractivity contribution in [1.29, 1.82) is 0 Å². The van der Waals surface area contributed by atoms with Gasteiger partial charge in [0, 0.05) is 98.3 Å². The first-order valence-electron chi connectivity index (χ1n) is 29.3. The number of nitrogens with zero attached hydrogens (tertiary/aromatic N) is 6. The molecule has 4 aromatic rings. The fourth-order valence-corrected chi connectivity index (χ4v) is 11.1. The number of ether oxygens (including phenoxy) is 3. The van der Waals surface area contributed by atoms with Crippen LogP contribution in [0.3, 0.4) is 0 Å². The van der Waals surface area contributed by atoms with Crippen LogP contribution in [0.5, 0.6) is 0 Å². The van der Waals surface area contributed by atoms with Gasteiger partial charge in [-0.25, -0.2) is 9.37 Å². The van der Waals surface area contributed by atoms with Gasteiger partial charge in [-0.15, -0.1) is 11.3 Å². The molecular formula is C62H81ClFN11O13S. The standard InChI is InChI=1S/C62H81ClFN11O13S/c1-37-54(77)68-49(33-45-35-89-36-65-45)60(83)72(5)38(2)58(81)74(27-29-87-8)34-52(76)66-47(30-42-19-23-44(64)24-20-42)55(78)70-53(39(3)88-9)57(80)69-48(31-41-17-21-43(63)22-18-41)61(84)73(6)51(32-40-14-11-10-12-15-40)62(85)75-26-13-16-50(75)56(79)67-46(25-28-86-7)59(82)71(37)4/h10-12,14-15,17-24,35-39,46-51,53H,13,16,25-34H2,1-9H3,(H,66,76)(H,67,79)(H,68,77)(H,69,80)(H,70,78)/t37-,38+,39+,46-,47-,48-,49-,50+,51-,53-/m0/s1. The number of rotatable bonds is 16. The number of halogens is 2. The molecule has 3 aromatic carbocycles. The van der Waals surface area contributed by atoms with Crippen LogP contribution in [0.1, 0.15) is 62.4 Å². The number of hydrogen-bond donors (Lipinski definition) is 5. The zero-order valence-electron chi connectivity index (χ0n) is 51.6. The van der Waals surface area contributed by atoms with E-state index < -0.39 is 132 Å². The fourth-order valence-electron chi connectivity index (χ4n) is 10.5. The van der Waals surface area contributed by atoms with Gasteiger partial charge in [0.25, 0.3) is 0 Å². The monoisotopic (exact) mass is 1270 g/mol. The Balaban J connectivity index is 1.45. The minimum atomic E-state index is -1.57. The zero-order valence-corrected chi connectivity index (χ0v) is 53.1. The van der Waals surface area contributed by atoms with Gasteiger partial charge in [-0.1, -0.05) is 66.2 Å². The first kappa shape index (κ1) is 70.2. The molecule has 10 amide bonds. The van der Waals surface area contributed by atoms with Crippen molar-refractivity contribution in [3.63, 3.8) is 0 Å². The molecule has 5 N–H and O–H groups in total. The van der Waals surface area contributed by atoms with E-state index in [4.69, 9.17) is 25.8 Å². The van der Waals surface area contributed by atoms with Crippen molar-refractivity contribution in [2.75, 3.05) is 75.3 Å². The van der Waals surface area contributed by atoms with Crippen LogP contribution in [-0.4, -0.2) is 224 Å². The number of fused-ring (bicyclic) bond motifs is 1. The number of thiazole rings is 1. The summed E-state index contributed by atoms with van der Waals surface area (Å²) in [4.78, 5) is 158. The molecule has 0 bridgehead atoms. The third-order valence-electron chi connectivity index (χ3n) is 16.1. The van der Waals surface area contributed by atoms with Crippen LogP contribution in [0.15, 0.2) is 89.8 Å². The molecule has 0 spiro atoms. The van der Waals surface area contributed by atoms with Crippen LogP contribution < -0.4 is 26.6 Å². The number of carbonyl (C=O) groups is 10. The van der Waals surface area contributed by atoms with Crippen molar-refractivity contribution in [3.8, 4) is 0 Å². The van der Waals surface area contributed by atoms with E-state index in [0.717, 1.165) is 26.8 Å². The number of benzene rings is 3. The van der Waals surface area contributed by atoms with Crippen molar-refractivity contribution >= 4 is 82.0 Å². The molecule has 2 saturated heterocycles. The lowest BCUT2D eigenvalue weighted by Gasteiger charge is -2.36. The third kappa shape index (κ3) is 19.3. The van der Waals surface area contributed by atoms with Gasteiger partial charge in [-0.2, -0.15) is 0 Å². The molecule has 6 rings (SSSR count). The lowest BCUT2D eigenvalue weighted by molar-refractivity contribution is -0.149. The van der Waals surface area contributed by atoms with E-state index in [1.54, 1.807) is 65.5 Å². The summed E-state index contributed by atoms with van der Waals surface area (Å²) in [6.45, 7) is 3.51. The minimum absolute atomic E-state index is 0.00520. The first-order valence-corrected chi connectivity index (χ1v) is 30.6. The van der Waals surface area contributed by atoms with E-state index in [1.165, 1.54) is 96.5 Å². The zero-order chi connectivity index (χ0) is 65.1.